The summed E-state index contributed by atoms with van der Waals surface area (Å²) >= 11 is 6.72. The van der Waals surface area contributed by atoms with Gasteiger partial charge in [-0.1, -0.05) is 23.2 Å². The lowest BCUT2D eigenvalue weighted by atomic mass is 10.2. The lowest BCUT2D eigenvalue weighted by molar-refractivity contribution is 1.29. The molecule has 0 saturated heterocycles. The summed E-state index contributed by atoms with van der Waals surface area (Å²) in [7, 11) is 0. The fourth-order valence-corrected chi connectivity index (χ4v) is 2.11. The number of thiazole rings is 1. The Morgan fingerprint density at radius 1 is 1.47 bits per heavy atom. The second-order valence-corrected chi connectivity index (χ2v) is 4.36. The minimum Gasteiger partial charge on any atom is -0.312 e. The van der Waals surface area contributed by atoms with E-state index in [0.717, 1.165) is 15.8 Å². The number of benzene rings is 1. The third-order valence-electron chi connectivity index (χ3n) is 1.87. The molecule has 1 aromatic carbocycles. The summed E-state index contributed by atoms with van der Waals surface area (Å²) in [6.07, 6.45) is 0.683. The number of nitrogens with one attached hydrogen (secondary N) is 1. The Morgan fingerprint density at radius 2 is 2.33 bits per heavy atom. The maximum absolute atomic E-state index is 11.1. The molecule has 1 N–H and O–H groups in total. The van der Waals surface area contributed by atoms with E-state index in [0.29, 0.717) is 12.3 Å². The number of hydrogen-bond donors (Lipinski definition) is 1. The predicted molar refractivity (Wildman–Crippen MR) is 64.7 cm³/mol. The van der Waals surface area contributed by atoms with Gasteiger partial charge in [0, 0.05) is 17.9 Å². The molecular formula is C11H8ClNOS. The van der Waals surface area contributed by atoms with Gasteiger partial charge in [-0.25, -0.2) is 0 Å². The summed E-state index contributed by atoms with van der Waals surface area (Å²) in [5.41, 5.74) is 1.79. The zero-order valence-electron chi connectivity index (χ0n) is 7.84. The Bertz CT molecular complexity index is 588. The highest BCUT2D eigenvalue weighted by Gasteiger charge is 1.98. The molecule has 0 amide bonds. The lowest BCUT2D eigenvalue weighted by Gasteiger charge is -1.90. The number of alkyl halides is 1. The molecule has 2 nitrogen and oxygen atoms in total. The van der Waals surface area contributed by atoms with Gasteiger partial charge in [0.2, 0.25) is 0 Å². The quantitative estimate of drug-likeness (QED) is 0.600. The summed E-state index contributed by atoms with van der Waals surface area (Å²) in [4.78, 5) is 13.8. The van der Waals surface area contributed by atoms with Crippen LogP contribution in [0.5, 0.6) is 0 Å². The van der Waals surface area contributed by atoms with E-state index in [4.69, 9.17) is 11.6 Å². The molecule has 0 spiro atoms. The molecule has 15 heavy (non-hydrogen) atoms. The Labute approximate surface area is 95.9 Å². The average molecular weight is 238 g/mol. The highest BCUT2D eigenvalue weighted by Crippen LogP contribution is 2.15. The first kappa shape index (κ1) is 10.3. The third kappa shape index (κ3) is 2.41. The first-order valence-electron chi connectivity index (χ1n) is 4.47. The molecule has 2 rings (SSSR count). The Hall–Kier alpha value is -1.24. The number of halogens is 1. The molecule has 0 aliphatic carbocycles. The van der Waals surface area contributed by atoms with Crippen LogP contribution in [0.4, 0.5) is 0 Å². The molecular weight excluding hydrogens is 230 g/mol. The molecule has 0 atom stereocenters. The van der Waals surface area contributed by atoms with Crippen molar-refractivity contribution >= 4 is 33.2 Å². The molecule has 0 fully saturated rings. The van der Waals surface area contributed by atoms with Crippen LogP contribution in [0.2, 0.25) is 0 Å². The van der Waals surface area contributed by atoms with Crippen LogP contribution in [0.3, 0.4) is 0 Å². The Balaban J connectivity index is 2.39. The zero-order chi connectivity index (χ0) is 10.7. The highest BCUT2D eigenvalue weighted by molar-refractivity contribution is 7.16. The minimum absolute atomic E-state index is 0.0316. The van der Waals surface area contributed by atoms with Gasteiger partial charge in [-0.2, -0.15) is 0 Å². The van der Waals surface area contributed by atoms with Gasteiger partial charge in [-0.3, -0.25) is 4.79 Å². The van der Waals surface area contributed by atoms with Crippen molar-refractivity contribution in [1.82, 2.24) is 4.98 Å². The van der Waals surface area contributed by atoms with Gasteiger partial charge in [-0.05, 0) is 18.2 Å². The van der Waals surface area contributed by atoms with E-state index in [1.807, 2.05) is 18.2 Å². The van der Waals surface area contributed by atoms with E-state index < -0.39 is 0 Å². The fourth-order valence-electron chi connectivity index (χ4n) is 1.23. The van der Waals surface area contributed by atoms with Crippen LogP contribution < -0.4 is 4.87 Å². The van der Waals surface area contributed by atoms with Crippen LogP contribution in [0.15, 0.2) is 23.0 Å². The summed E-state index contributed by atoms with van der Waals surface area (Å²) in [5.74, 6) is 6.51. The molecule has 4 heteroatoms. The van der Waals surface area contributed by atoms with Gasteiger partial charge in [0.05, 0.1) is 10.2 Å². The Morgan fingerprint density at radius 3 is 3.13 bits per heavy atom. The summed E-state index contributed by atoms with van der Waals surface area (Å²) in [6, 6.07) is 5.68. The van der Waals surface area contributed by atoms with Crippen LogP contribution in [0.1, 0.15) is 12.0 Å². The molecule has 0 radical (unpaired) electrons. The smallest absolute Gasteiger partial charge is 0.305 e. The molecule has 1 heterocycles. The van der Waals surface area contributed by atoms with Gasteiger partial charge in [-0.15, -0.1) is 11.6 Å². The summed E-state index contributed by atoms with van der Waals surface area (Å²) in [5, 5.41) is 0. The molecule has 2 aromatic rings. The number of rotatable bonds is 1. The van der Waals surface area contributed by atoms with Crippen molar-refractivity contribution in [3.63, 3.8) is 0 Å². The van der Waals surface area contributed by atoms with Crippen molar-refractivity contribution < 1.29 is 0 Å². The number of hydrogen-bond acceptors (Lipinski definition) is 2. The molecule has 76 valence electrons. The highest BCUT2D eigenvalue weighted by atomic mass is 35.5. The van der Waals surface area contributed by atoms with Gasteiger partial charge in [0.1, 0.15) is 0 Å². The molecule has 0 aliphatic rings. The Kier molecular flexibility index (Phi) is 3.10. The van der Waals surface area contributed by atoms with Crippen molar-refractivity contribution in [2.75, 3.05) is 5.88 Å². The lowest BCUT2D eigenvalue weighted by Crippen LogP contribution is -1.89. The predicted octanol–water partition coefficient (Wildman–Crippen LogP) is 2.57. The molecule has 1 aromatic heterocycles. The van der Waals surface area contributed by atoms with Gasteiger partial charge in [0.25, 0.3) is 0 Å². The van der Waals surface area contributed by atoms with E-state index in [-0.39, 0.29) is 4.87 Å². The molecule has 0 saturated carbocycles. The minimum atomic E-state index is -0.0316. The zero-order valence-corrected chi connectivity index (χ0v) is 9.41. The number of fused-ring (bicyclic) bond motifs is 1. The molecule has 0 bridgehead atoms. The maximum atomic E-state index is 11.1. The van der Waals surface area contributed by atoms with Gasteiger partial charge >= 0.3 is 4.87 Å². The van der Waals surface area contributed by atoms with E-state index in [1.165, 1.54) is 11.3 Å². The normalized spacial score (nSPS) is 9.93. The third-order valence-corrected chi connectivity index (χ3v) is 2.91. The van der Waals surface area contributed by atoms with Crippen molar-refractivity contribution in [3.8, 4) is 11.8 Å². The van der Waals surface area contributed by atoms with E-state index in [9.17, 15) is 4.79 Å². The average Bonchev–Trinajstić information content (AvgIpc) is 2.57. The van der Waals surface area contributed by atoms with Crippen LogP contribution in [-0.2, 0) is 0 Å². The van der Waals surface area contributed by atoms with Crippen molar-refractivity contribution in [2.45, 2.75) is 6.42 Å². The van der Waals surface area contributed by atoms with Crippen LogP contribution in [0, 0.1) is 11.8 Å². The molecule has 0 aliphatic heterocycles. The second-order valence-electron chi connectivity index (χ2n) is 2.97. The van der Waals surface area contributed by atoms with Gasteiger partial charge < -0.3 is 4.98 Å². The van der Waals surface area contributed by atoms with Crippen molar-refractivity contribution in [3.05, 3.63) is 33.4 Å². The van der Waals surface area contributed by atoms with E-state index in [2.05, 4.69) is 16.8 Å². The first-order valence-corrected chi connectivity index (χ1v) is 5.82. The number of H-pyrrole nitrogens is 1. The monoisotopic (exact) mass is 237 g/mol. The number of aromatic amines is 1. The summed E-state index contributed by atoms with van der Waals surface area (Å²) in [6.45, 7) is 0. The van der Waals surface area contributed by atoms with Crippen LogP contribution in [0.25, 0.3) is 10.2 Å². The standard InChI is InChI=1S/C11H8ClNOS/c12-6-2-1-3-8-4-5-9-10(7-8)15-11(14)13-9/h4-5,7H,2,6H2,(H,13,14). The summed E-state index contributed by atoms with van der Waals surface area (Å²) < 4.78 is 0.942. The largest absolute Gasteiger partial charge is 0.312 e. The maximum Gasteiger partial charge on any atom is 0.305 e. The van der Waals surface area contributed by atoms with Crippen molar-refractivity contribution in [2.24, 2.45) is 0 Å². The first-order chi connectivity index (χ1) is 7.29. The topological polar surface area (TPSA) is 32.9 Å². The van der Waals surface area contributed by atoms with Crippen molar-refractivity contribution in [1.29, 1.82) is 0 Å². The van der Waals surface area contributed by atoms with E-state index >= 15 is 0 Å². The van der Waals surface area contributed by atoms with Gasteiger partial charge in [0.15, 0.2) is 0 Å². The fraction of sp³-hybridized carbons (Fsp3) is 0.182. The second kappa shape index (κ2) is 4.52. The number of aromatic nitrogens is 1. The molecule has 0 unspecified atom stereocenters. The van der Waals surface area contributed by atoms with Crippen LogP contribution in [-0.4, -0.2) is 10.9 Å². The van der Waals surface area contributed by atoms with E-state index in [1.54, 1.807) is 0 Å². The SMILES string of the molecule is O=c1[nH]c2ccc(C#CCCCl)cc2s1. The van der Waals surface area contributed by atoms with Crippen LogP contribution >= 0.6 is 22.9 Å².